The monoisotopic (exact) mass is 379 g/mol. The third-order valence-corrected chi connectivity index (χ3v) is 5.69. The fraction of sp³-hybridized carbons (Fsp3) is 0.556. The van der Waals surface area contributed by atoms with Gasteiger partial charge in [-0.2, -0.15) is 18.4 Å². The van der Waals surface area contributed by atoms with Crippen molar-refractivity contribution in [3.05, 3.63) is 29.3 Å². The summed E-state index contributed by atoms with van der Waals surface area (Å²) in [5.41, 5.74) is 7.16. The van der Waals surface area contributed by atoms with Crippen LogP contribution in [-0.2, 0) is 11.2 Å². The first kappa shape index (κ1) is 18.1. The molecule has 2 fully saturated rings. The first-order valence-corrected chi connectivity index (χ1v) is 9.06. The minimum atomic E-state index is -4.33. The second-order valence-electron chi connectivity index (χ2n) is 7.23. The zero-order valence-corrected chi connectivity index (χ0v) is 14.6. The maximum atomic E-state index is 13.2. The Hall–Kier alpha value is -2.31. The Bertz CT molecular complexity index is 790. The molecule has 4 rings (SSSR count). The average Bonchev–Trinajstić information content (AvgIpc) is 3.37. The molecule has 1 aromatic carbocycles. The molecule has 27 heavy (non-hydrogen) atoms. The summed E-state index contributed by atoms with van der Waals surface area (Å²) in [6, 6.07) is 3.15. The van der Waals surface area contributed by atoms with Crippen LogP contribution in [0, 0.1) is 11.5 Å². The van der Waals surface area contributed by atoms with E-state index in [9.17, 15) is 23.2 Å². The molecule has 0 bridgehead atoms. The van der Waals surface area contributed by atoms with E-state index >= 15 is 0 Å². The third-order valence-electron chi connectivity index (χ3n) is 5.69. The summed E-state index contributed by atoms with van der Waals surface area (Å²) in [7, 11) is 0. The SMILES string of the molecule is N#CN1CCC[C@H]1C(=O)N1CCc2cc(C3CNNC3C(F)(F)F)ccc21. The molecule has 0 spiro atoms. The Labute approximate surface area is 154 Å². The first-order chi connectivity index (χ1) is 12.9. The summed E-state index contributed by atoms with van der Waals surface area (Å²) >= 11 is 0. The topological polar surface area (TPSA) is 71.4 Å². The number of alkyl halides is 3. The number of fused-ring (bicyclic) bond motifs is 1. The summed E-state index contributed by atoms with van der Waals surface area (Å²) in [5.74, 6) is -0.804. The Morgan fingerprint density at radius 1 is 1.30 bits per heavy atom. The van der Waals surface area contributed by atoms with Gasteiger partial charge >= 0.3 is 6.18 Å². The van der Waals surface area contributed by atoms with Gasteiger partial charge in [-0.15, -0.1) is 0 Å². The van der Waals surface area contributed by atoms with E-state index in [0.29, 0.717) is 31.5 Å². The molecule has 1 aromatic rings. The summed E-state index contributed by atoms with van der Waals surface area (Å²) in [6.07, 6.45) is -0.187. The zero-order chi connectivity index (χ0) is 19.2. The van der Waals surface area contributed by atoms with Crippen molar-refractivity contribution in [1.82, 2.24) is 15.8 Å². The molecule has 0 aromatic heterocycles. The summed E-state index contributed by atoms with van der Waals surface area (Å²) in [4.78, 5) is 16.1. The Morgan fingerprint density at radius 3 is 2.85 bits per heavy atom. The van der Waals surface area contributed by atoms with E-state index in [-0.39, 0.29) is 12.5 Å². The van der Waals surface area contributed by atoms with Gasteiger partial charge < -0.3 is 4.90 Å². The fourth-order valence-corrected chi connectivity index (χ4v) is 4.32. The van der Waals surface area contributed by atoms with Gasteiger partial charge in [0, 0.05) is 31.2 Å². The van der Waals surface area contributed by atoms with E-state index in [4.69, 9.17) is 0 Å². The number of benzene rings is 1. The highest BCUT2D eigenvalue weighted by atomic mass is 19.4. The lowest BCUT2D eigenvalue weighted by atomic mass is 9.91. The van der Waals surface area contributed by atoms with Crippen molar-refractivity contribution in [3.8, 4) is 6.19 Å². The second-order valence-corrected chi connectivity index (χ2v) is 7.23. The van der Waals surface area contributed by atoms with Crippen molar-refractivity contribution in [3.63, 3.8) is 0 Å². The zero-order valence-electron chi connectivity index (χ0n) is 14.6. The van der Waals surface area contributed by atoms with Crippen LogP contribution in [0.1, 0.15) is 29.9 Å². The summed E-state index contributed by atoms with van der Waals surface area (Å²) < 4.78 is 39.6. The smallest absolute Gasteiger partial charge is 0.310 e. The van der Waals surface area contributed by atoms with Gasteiger partial charge in [0.25, 0.3) is 0 Å². The largest absolute Gasteiger partial charge is 0.405 e. The molecule has 2 saturated heterocycles. The quantitative estimate of drug-likeness (QED) is 0.765. The molecular formula is C18H20F3N5O. The van der Waals surface area contributed by atoms with Crippen LogP contribution in [0.3, 0.4) is 0 Å². The predicted molar refractivity (Wildman–Crippen MR) is 91.6 cm³/mol. The fourth-order valence-electron chi connectivity index (χ4n) is 4.32. The number of halogens is 3. The molecular weight excluding hydrogens is 359 g/mol. The molecule has 0 saturated carbocycles. The van der Waals surface area contributed by atoms with E-state index in [0.717, 1.165) is 17.7 Å². The number of amides is 1. The van der Waals surface area contributed by atoms with Crippen molar-refractivity contribution in [1.29, 1.82) is 5.26 Å². The van der Waals surface area contributed by atoms with Gasteiger partial charge in [-0.25, -0.2) is 5.43 Å². The molecule has 9 heteroatoms. The number of likely N-dealkylation sites (tertiary alicyclic amines) is 1. The second kappa shape index (κ2) is 6.69. The Kier molecular flexibility index (Phi) is 4.48. The lowest BCUT2D eigenvalue weighted by Gasteiger charge is -2.25. The molecule has 1 amide bonds. The van der Waals surface area contributed by atoms with Gasteiger partial charge in [-0.1, -0.05) is 12.1 Å². The van der Waals surface area contributed by atoms with Crippen molar-refractivity contribution in [2.24, 2.45) is 0 Å². The molecule has 3 heterocycles. The van der Waals surface area contributed by atoms with Gasteiger partial charge in [0.1, 0.15) is 12.1 Å². The molecule has 0 radical (unpaired) electrons. The van der Waals surface area contributed by atoms with Crippen LogP contribution in [0.25, 0.3) is 0 Å². The number of rotatable bonds is 2. The standard InChI is InChI=1S/C18H20F3N5O/c19-18(20,21)16-13(9-23-24-16)11-3-4-14-12(8-11)5-7-26(14)17(27)15-2-1-6-25(15)10-22/h3-4,8,13,15-16,23-24H,1-2,5-7,9H2/t13?,15-,16?/m0/s1. The lowest BCUT2D eigenvalue weighted by Crippen LogP contribution is -2.43. The molecule has 0 aliphatic carbocycles. The normalized spacial score (nSPS) is 27.7. The molecule has 144 valence electrons. The Morgan fingerprint density at radius 2 is 2.11 bits per heavy atom. The highest BCUT2D eigenvalue weighted by molar-refractivity contribution is 5.99. The number of carbonyl (C=O) groups excluding carboxylic acids is 1. The highest BCUT2D eigenvalue weighted by Crippen LogP contribution is 2.37. The van der Waals surface area contributed by atoms with Crippen LogP contribution >= 0.6 is 0 Å². The number of nitrogens with one attached hydrogen (secondary N) is 2. The van der Waals surface area contributed by atoms with Crippen LogP contribution < -0.4 is 15.8 Å². The Balaban J connectivity index is 1.56. The highest BCUT2D eigenvalue weighted by Gasteiger charge is 2.48. The molecule has 3 atom stereocenters. The van der Waals surface area contributed by atoms with Crippen molar-refractivity contribution in [2.45, 2.75) is 43.4 Å². The van der Waals surface area contributed by atoms with Crippen LogP contribution in [0.5, 0.6) is 0 Å². The van der Waals surface area contributed by atoms with E-state index < -0.39 is 24.2 Å². The molecule has 2 unspecified atom stereocenters. The van der Waals surface area contributed by atoms with Crippen LogP contribution in [0.4, 0.5) is 18.9 Å². The predicted octanol–water partition coefficient (Wildman–Crippen LogP) is 1.64. The average molecular weight is 379 g/mol. The number of nitrogens with zero attached hydrogens (tertiary/aromatic N) is 3. The van der Waals surface area contributed by atoms with Gasteiger partial charge in [0.15, 0.2) is 6.19 Å². The van der Waals surface area contributed by atoms with Gasteiger partial charge in [0.05, 0.1) is 0 Å². The van der Waals surface area contributed by atoms with Crippen molar-refractivity contribution in [2.75, 3.05) is 24.5 Å². The van der Waals surface area contributed by atoms with Crippen molar-refractivity contribution >= 4 is 11.6 Å². The van der Waals surface area contributed by atoms with E-state index in [1.165, 1.54) is 4.90 Å². The first-order valence-electron chi connectivity index (χ1n) is 9.06. The molecule has 3 aliphatic heterocycles. The number of carbonyl (C=O) groups is 1. The van der Waals surface area contributed by atoms with Gasteiger partial charge in [-0.3, -0.25) is 15.1 Å². The number of hydrogen-bond donors (Lipinski definition) is 2. The molecule has 3 aliphatic rings. The van der Waals surface area contributed by atoms with Gasteiger partial charge in [-0.05, 0) is 36.5 Å². The number of nitriles is 1. The lowest BCUT2D eigenvalue weighted by molar-refractivity contribution is -0.156. The molecule has 2 N–H and O–H groups in total. The van der Waals surface area contributed by atoms with Crippen LogP contribution in [-0.4, -0.2) is 48.7 Å². The molecule has 6 nitrogen and oxygen atoms in total. The van der Waals surface area contributed by atoms with Crippen molar-refractivity contribution < 1.29 is 18.0 Å². The van der Waals surface area contributed by atoms with Gasteiger partial charge in [0.2, 0.25) is 5.91 Å². The number of hydrazine groups is 1. The van der Waals surface area contributed by atoms with E-state index in [1.54, 1.807) is 23.1 Å². The van der Waals surface area contributed by atoms with Crippen LogP contribution in [0.15, 0.2) is 18.2 Å². The number of anilines is 1. The maximum Gasteiger partial charge on any atom is 0.405 e. The number of hydrogen-bond acceptors (Lipinski definition) is 5. The third kappa shape index (κ3) is 3.13. The minimum Gasteiger partial charge on any atom is -0.310 e. The summed E-state index contributed by atoms with van der Waals surface area (Å²) in [5, 5.41) is 9.17. The maximum absolute atomic E-state index is 13.2. The van der Waals surface area contributed by atoms with E-state index in [2.05, 4.69) is 17.0 Å². The van der Waals surface area contributed by atoms with E-state index in [1.807, 2.05) is 0 Å². The van der Waals surface area contributed by atoms with Crippen LogP contribution in [0.2, 0.25) is 0 Å². The summed E-state index contributed by atoms with van der Waals surface area (Å²) in [6.45, 7) is 1.29. The minimum absolute atomic E-state index is 0.0992.